The number of nitrogens with zero attached hydrogens (tertiary/aromatic N) is 2. The number of carbonyl (C=O) groups is 1. The minimum absolute atomic E-state index is 0.0468. The largest absolute Gasteiger partial charge is 0.378 e. The molecule has 0 fully saturated rings. The number of ketones is 1. The third-order valence-corrected chi connectivity index (χ3v) is 5.70. The molecule has 140 valence electrons. The quantitative estimate of drug-likeness (QED) is 0.791. The Kier molecular flexibility index (Phi) is 3.46. The number of aliphatic hydroxyl groups is 1. The average Bonchev–Trinajstić information content (AvgIpc) is 3.00. The molecule has 4 nitrogen and oxygen atoms in total. The minimum Gasteiger partial charge on any atom is -0.378 e. The van der Waals surface area contributed by atoms with E-state index < -0.39 is 5.60 Å². The Balaban J connectivity index is 1.86. The molecule has 0 saturated carbocycles. The summed E-state index contributed by atoms with van der Waals surface area (Å²) >= 11 is 0. The Morgan fingerprint density at radius 1 is 1.14 bits per heavy atom. The fourth-order valence-corrected chi connectivity index (χ4v) is 4.73. The normalized spacial score (nSPS) is 22.4. The summed E-state index contributed by atoms with van der Waals surface area (Å²) in [7, 11) is 0. The van der Waals surface area contributed by atoms with Crippen LogP contribution in [0.5, 0.6) is 0 Å². The second-order valence-corrected chi connectivity index (χ2v) is 7.99. The van der Waals surface area contributed by atoms with Crippen LogP contribution in [0.1, 0.15) is 36.2 Å². The van der Waals surface area contributed by atoms with E-state index >= 15 is 0 Å². The van der Waals surface area contributed by atoms with E-state index in [1.54, 1.807) is 0 Å². The van der Waals surface area contributed by atoms with Crippen molar-refractivity contribution in [3.63, 3.8) is 0 Å². The van der Waals surface area contributed by atoms with Gasteiger partial charge in [0.15, 0.2) is 0 Å². The predicted molar refractivity (Wildman–Crippen MR) is 111 cm³/mol. The van der Waals surface area contributed by atoms with Gasteiger partial charge in [-0.25, -0.2) is 0 Å². The first-order valence-corrected chi connectivity index (χ1v) is 9.50. The molecule has 1 N–H and O–H groups in total. The van der Waals surface area contributed by atoms with Gasteiger partial charge in [0.1, 0.15) is 11.3 Å². The number of fused-ring (bicyclic) bond motifs is 6. The highest BCUT2D eigenvalue weighted by atomic mass is 16.3. The van der Waals surface area contributed by atoms with Gasteiger partial charge in [0.25, 0.3) is 0 Å². The van der Waals surface area contributed by atoms with Gasteiger partial charge >= 0.3 is 0 Å². The molecule has 3 aliphatic rings. The molecule has 1 unspecified atom stereocenters. The standard InChI is InChI=1S/C24H22N2O2/c1-15(2)13-26-20-11-7-5-9-18(20)24(28)12-16(3)14-25-19-10-6-4-8-17(19)22(27)21(25)23(24)26/h4-11,14,28H,1,12-13H2,2-3H3. The average molecular weight is 370 g/mol. The van der Waals surface area contributed by atoms with Crippen LogP contribution >= 0.6 is 0 Å². The van der Waals surface area contributed by atoms with Gasteiger partial charge in [-0.05, 0) is 32.0 Å². The molecule has 2 aromatic rings. The molecule has 2 aromatic carbocycles. The Bertz CT molecular complexity index is 1110. The van der Waals surface area contributed by atoms with Gasteiger partial charge in [-0.15, -0.1) is 0 Å². The molecule has 0 radical (unpaired) electrons. The van der Waals surface area contributed by atoms with Crippen molar-refractivity contribution >= 4 is 17.2 Å². The van der Waals surface area contributed by atoms with Crippen LogP contribution in [0.3, 0.4) is 0 Å². The second kappa shape index (κ2) is 5.69. The first-order chi connectivity index (χ1) is 13.4. The highest BCUT2D eigenvalue weighted by Crippen LogP contribution is 2.54. The molecule has 3 aliphatic heterocycles. The lowest BCUT2D eigenvalue weighted by molar-refractivity contribution is 0.0795. The molecule has 3 heterocycles. The zero-order valence-electron chi connectivity index (χ0n) is 16.1. The van der Waals surface area contributed by atoms with Crippen LogP contribution in [0, 0.1) is 0 Å². The third kappa shape index (κ3) is 2.12. The van der Waals surface area contributed by atoms with Gasteiger partial charge in [-0.1, -0.05) is 48.1 Å². The highest BCUT2D eigenvalue weighted by molar-refractivity contribution is 6.20. The van der Waals surface area contributed by atoms with Crippen LogP contribution in [-0.2, 0) is 5.60 Å². The van der Waals surface area contributed by atoms with Gasteiger partial charge < -0.3 is 14.9 Å². The Morgan fingerprint density at radius 2 is 1.82 bits per heavy atom. The van der Waals surface area contributed by atoms with E-state index in [4.69, 9.17) is 0 Å². The molecule has 5 rings (SSSR count). The topological polar surface area (TPSA) is 43.8 Å². The predicted octanol–water partition coefficient (Wildman–Crippen LogP) is 4.49. The fraction of sp³-hybridized carbons (Fsp3) is 0.208. The molecule has 1 atom stereocenters. The number of benzene rings is 2. The molecule has 0 bridgehead atoms. The van der Waals surface area contributed by atoms with Crippen LogP contribution in [0.2, 0.25) is 0 Å². The first-order valence-electron chi connectivity index (χ1n) is 9.50. The lowest BCUT2D eigenvalue weighted by atomic mass is 9.86. The van der Waals surface area contributed by atoms with Crippen LogP contribution < -0.4 is 9.80 Å². The summed E-state index contributed by atoms with van der Waals surface area (Å²) < 4.78 is 0. The van der Waals surface area contributed by atoms with Crippen molar-refractivity contribution in [2.45, 2.75) is 25.9 Å². The lowest BCUT2D eigenvalue weighted by Gasteiger charge is -2.30. The summed E-state index contributed by atoms with van der Waals surface area (Å²) in [5.41, 5.74) is 5.26. The van der Waals surface area contributed by atoms with Crippen molar-refractivity contribution in [2.24, 2.45) is 0 Å². The van der Waals surface area contributed by atoms with Crippen molar-refractivity contribution in [2.75, 3.05) is 16.3 Å². The van der Waals surface area contributed by atoms with Gasteiger partial charge in [-0.3, -0.25) is 4.79 Å². The number of carbonyl (C=O) groups excluding carboxylic acids is 1. The van der Waals surface area contributed by atoms with Crippen LogP contribution in [0.25, 0.3) is 0 Å². The molecular weight excluding hydrogens is 348 g/mol. The number of para-hydroxylation sites is 2. The monoisotopic (exact) mass is 370 g/mol. The van der Waals surface area contributed by atoms with Gasteiger partial charge in [0.05, 0.1) is 11.4 Å². The van der Waals surface area contributed by atoms with Crippen molar-refractivity contribution in [1.82, 2.24) is 0 Å². The second-order valence-electron chi connectivity index (χ2n) is 7.99. The smallest absolute Gasteiger partial charge is 0.213 e. The fourth-order valence-electron chi connectivity index (χ4n) is 4.73. The molecule has 28 heavy (non-hydrogen) atoms. The number of hydrogen-bond donors (Lipinski definition) is 1. The molecule has 0 aromatic heterocycles. The maximum absolute atomic E-state index is 13.5. The molecular formula is C24H22N2O2. The number of hydrogen-bond acceptors (Lipinski definition) is 4. The highest BCUT2D eigenvalue weighted by Gasteiger charge is 2.52. The van der Waals surface area contributed by atoms with Crippen LogP contribution in [-0.4, -0.2) is 17.4 Å². The number of rotatable bonds is 2. The van der Waals surface area contributed by atoms with E-state index in [0.717, 1.165) is 28.1 Å². The van der Waals surface area contributed by atoms with Crippen LogP contribution in [0.15, 0.2) is 83.9 Å². The van der Waals surface area contributed by atoms with E-state index in [0.29, 0.717) is 29.9 Å². The zero-order chi connectivity index (χ0) is 19.6. The Hall–Kier alpha value is -3.11. The summed E-state index contributed by atoms with van der Waals surface area (Å²) in [6.07, 6.45) is 2.44. The minimum atomic E-state index is -1.24. The summed E-state index contributed by atoms with van der Waals surface area (Å²) in [6.45, 7) is 8.60. The van der Waals surface area contributed by atoms with E-state index in [9.17, 15) is 9.90 Å². The number of anilines is 2. The van der Waals surface area contributed by atoms with Crippen molar-refractivity contribution < 1.29 is 9.90 Å². The van der Waals surface area contributed by atoms with Crippen LogP contribution in [0.4, 0.5) is 11.4 Å². The van der Waals surface area contributed by atoms with E-state index in [1.807, 2.05) is 73.5 Å². The van der Waals surface area contributed by atoms with Crippen molar-refractivity contribution in [3.05, 3.63) is 95.0 Å². The first kappa shape index (κ1) is 17.0. The summed E-state index contributed by atoms with van der Waals surface area (Å²) in [5, 5.41) is 12.0. The Morgan fingerprint density at radius 3 is 2.57 bits per heavy atom. The SMILES string of the molecule is C=C(C)CN1C2=C3C(=O)c4ccccc4N3C=C(C)CC2(O)c2ccccc21. The van der Waals surface area contributed by atoms with Gasteiger partial charge in [0.2, 0.25) is 5.78 Å². The van der Waals surface area contributed by atoms with E-state index in [-0.39, 0.29) is 5.78 Å². The molecule has 4 heteroatoms. The van der Waals surface area contributed by atoms with Crippen molar-refractivity contribution in [1.29, 1.82) is 0 Å². The summed E-state index contributed by atoms with van der Waals surface area (Å²) in [6, 6.07) is 15.5. The van der Waals surface area contributed by atoms with Gasteiger partial charge in [-0.2, -0.15) is 0 Å². The molecule has 0 spiro atoms. The van der Waals surface area contributed by atoms with E-state index in [1.165, 1.54) is 0 Å². The third-order valence-electron chi connectivity index (χ3n) is 5.70. The zero-order valence-corrected chi connectivity index (χ0v) is 16.1. The molecule has 0 saturated heterocycles. The van der Waals surface area contributed by atoms with Gasteiger partial charge in [0, 0.05) is 36.0 Å². The number of Topliss-reactive ketones (excluding diaryl/α,β-unsaturated/α-hetero) is 1. The van der Waals surface area contributed by atoms with Crippen molar-refractivity contribution in [3.8, 4) is 0 Å². The lowest BCUT2D eigenvalue weighted by Crippen LogP contribution is -2.35. The molecule has 0 aliphatic carbocycles. The molecule has 0 amide bonds. The van der Waals surface area contributed by atoms with E-state index in [2.05, 4.69) is 11.5 Å². The summed E-state index contributed by atoms with van der Waals surface area (Å²) in [4.78, 5) is 17.5. The number of allylic oxidation sites excluding steroid dienone is 1. The Labute approximate surface area is 164 Å². The maximum Gasteiger partial charge on any atom is 0.213 e. The maximum atomic E-state index is 13.5. The summed E-state index contributed by atoms with van der Waals surface area (Å²) in [5.74, 6) is -0.0468.